The third kappa shape index (κ3) is 1.76. The van der Waals surface area contributed by atoms with E-state index in [0.717, 1.165) is 25.0 Å². The molecule has 0 unspecified atom stereocenters. The van der Waals surface area contributed by atoms with Crippen LogP contribution in [0.3, 0.4) is 0 Å². The molecule has 1 spiro atoms. The van der Waals surface area contributed by atoms with Crippen molar-refractivity contribution in [3.05, 3.63) is 29.1 Å². The summed E-state index contributed by atoms with van der Waals surface area (Å²) in [6.45, 7) is 1.92. The molecule has 0 amide bonds. The van der Waals surface area contributed by atoms with Crippen molar-refractivity contribution in [1.82, 2.24) is 4.57 Å². The second-order valence-electron chi connectivity index (χ2n) is 5.83. The van der Waals surface area contributed by atoms with Crippen LogP contribution in [0.15, 0.2) is 17.7 Å². The fourth-order valence-electron chi connectivity index (χ4n) is 3.74. The van der Waals surface area contributed by atoms with Crippen LogP contribution in [-0.4, -0.2) is 28.5 Å². The molecule has 1 aromatic heterocycles. The lowest BCUT2D eigenvalue weighted by atomic mass is 9.73. The fraction of sp³-hybridized carbons (Fsp3) is 0.500. The maximum absolute atomic E-state index is 13.0. The molecular formula is C16H19NO4. The van der Waals surface area contributed by atoms with Gasteiger partial charge in [0.2, 0.25) is 0 Å². The molecule has 0 radical (unpaired) electrons. The van der Waals surface area contributed by atoms with Gasteiger partial charge in [0.25, 0.3) is 0 Å². The number of hydrogen-bond donors (Lipinski definition) is 1. The van der Waals surface area contributed by atoms with Crippen molar-refractivity contribution in [3.63, 3.8) is 0 Å². The van der Waals surface area contributed by atoms with Crippen LogP contribution in [0.2, 0.25) is 0 Å². The van der Waals surface area contributed by atoms with Gasteiger partial charge in [-0.1, -0.05) is 19.3 Å². The van der Waals surface area contributed by atoms with Crippen LogP contribution in [0.5, 0.6) is 0 Å². The molecule has 1 aliphatic heterocycles. The first-order valence-electron chi connectivity index (χ1n) is 7.28. The van der Waals surface area contributed by atoms with Crippen LogP contribution in [0.1, 0.15) is 43.5 Å². The zero-order valence-corrected chi connectivity index (χ0v) is 12.3. The first kappa shape index (κ1) is 13.9. The molecule has 21 heavy (non-hydrogen) atoms. The molecule has 0 bridgehead atoms. The van der Waals surface area contributed by atoms with E-state index in [2.05, 4.69) is 0 Å². The molecule has 3 rings (SSSR count). The molecule has 2 heterocycles. The highest BCUT2D eigenvalue weighted by Gasteiger charge is 2.50. The van der Waals surface area contributed by atoms with Crippen LogP contribution in [-0.2, 0) is 19.9 Å². The zero-order valence-electron chi connectivity index (χ0n) is 12.3. The van der Waals surface area contributed by atoms with Crippen molar-refractivity contribution in [2.24, 2.45) is 0 Å². The van der Waals surface area contributed by atoms with Crippen molar-refractivity contribution >= 4 is 17.5 Å². The van der Waals surface area contributed by atoms with E-state index in [1.54, 1.807) is 6.07 Å². The van der Waals surface area contributed by atoms with Gasteiger partial charge in [0.1, 0.15) is 11.1 Å². The van der Waals surface area contributed by atoms with Gasteiger partial charge in [-0.2, -0.15) is 0 Å². The third-order valence-corrected chi connectivity index (χ3v) is 4.70. The molecule has 1 saturated carbocycles. The summed E-state index contributed by atoms with van der Waals surface area (Å²) in [5.74, 6) is -1.33. The smallest absolute Gasteiger partial charge is 0.345 e. The predicted octanol–water partition coefficient (Wildman–Crippen LogP) is 2.48. The number of ether oxygens (including phenoxy) is 1. The molecule has 1 N–H and O–H groups in total. The highest BCUT2D eigenvalue weighted by molar-refractivity contribution is 6.25. The van der Waals surface area contributed by atoms with Gasteiger partial charge in [-0.15, -0.1) is 0 Å². The number of carbonyl (C=O) groups is 2. The molecule has 5 nitrogen and oxygen atoms in total. The van der Waals surface area contributed by atoms with E-state index in [4.69, 9.17) is 4.74 Å². The average molecular weight is 289 g/mol. The lowest BCUT2D eigenvalue weighted by Crippen LogP contribution is -2.49. The molecule has 5 heteroatoms. The second kappa shape index (κ2) is 4.76. The summed E-state index contributed by atoms with van der Waals surface area (Å²) in [7, 11) is 1.22. The van der Waals surface area contributed by atoms with Crippen LogP contribution < -0.4 is 0 Å². The highest BCUT2D eigenvalue weighted by atomic mass is 16.5. The van der Waals surface area contributed by atoms with Gasteiger partial charge in [-0.05, 0) is 31.9 Å². The number of ketones is 1. The van der Waals surface area contributed by atoms with Crippen molar-refractivity contribution in [2.45, 2.75) is 44.6 Å². The summed E-state index contributed by atoms with van der Waals surface area (Å²) >= 11 is 0. The molecule has 2 aliphatic rings. The van der Waals surface area contributed by atoms with E-state index in [0.29, 0.717) is 18.5 Å². The monoisotopic (exact) mass is 289 g/mol. The Kier molecular flexibility index (Phi) is 3.15. The van der Waals surface area contributed by atoms with Gasteiger partial charge in [0.15, 0.2) is 11.5 Å². The summed E-state index contributed by atoms with van der Waals surface area (Å²) in [5, 5.41) is 10.4. The number of aromatic nitrogens is 1. The molecule has 0 saturated heterocycles. The van der Waals surface area contributed by atoms with E-state index in [-0.39, 0.29) is 17.1 Å². The topological polar surface area (TPSA) is 68.5 Å². The summed E-state index contributed by atoms with van der Waals surface area (Å²) in [5.41, 5.74) is 0.520. The zero-order chi connectivity index (χ0) is 15.2. The lowest BCUT2D eigenvalue weighted by molar-refractivity contribution is -0.140. The van der Waals surface area contributed by atoms with Crippen LogP contribution in [0.25, 0.3) is 5.76 Å². The highest BCUT2D eigenvalue weighted by Crippen LogP contribution is 2.44. The van der Waals surface area contributed by atoms with Crippen molar-refractivity contribution in [1.29, 1.82) is 0 Å². The van der Waals surface area contributed by atoms with Crippen molar-refractivity contribution in [3.8, 4) is 0 Å². The number of methoxy groups -OCH3 is 1. The molecule has 112 valence electrons. The number of rotatable bonds is 1. The van der Waals surface area contributed by atoms with E-state index < -0.39 is 11.5 Å². The molecule has 0 aromatic carbocycles. The summed E-state index contributed by atoms with van der Waals surface area (Å²) in [6, 6.07) is 3.63. The van der Waals surface area contributed by atoms with Gasteiger partial charge < -0.3 is 14.4 Å². The Balaban J connectivity index is 2.27. The van der Waals surface area contributed by atoms with Crippen molar-refractivity contribution < 1.29 is 19.4 Å². The minimum Gasteiger partial charge on any atom is -0.505 e. The number of hydrogen-bond acceptors (Lipinski definition) is 4. The number of carbonyl (C=O) groups excluding carboxylic acids is 2. The summed E-state index contributed by atoms with van der Waals surface area (Å²) in [6.07, 6.45) is 4.37. The number of aryl methyl sites for hydroxylation is 1. The number of esters is 1. The van der Waals surface area contributed by atoms with Gasteiger partial charge in [0, 0.05) is 5.69 Å². The standard InChI is InChI=1S/C16H19NO4/c1-10-6-7-11-13(18)12(15(20)21-2)14(19)16(17(10)11)8-4-3-5-9-16/h6-7,18H,3-5,8-9H2,1-2H3. The minimum atomic E-state index is -0.757. The number of fused-ring (bicyclic) bond motifs is 2. The van der Waals surface area contributed by atoms with E-state index in [1.807, 2.05) is 17.6 Å². The Morgan fingerprint density at radius 2 is 1.95 bits per heavy atom. The minimum absolute atomic E-state index is 0.204. The van der Waals surface area contributed by atoms with Gasteiger partial charge in [-0.3, -0.25) is 4.79 Å². The number of Topliss-reactive ketones (excluding diaryl/α,β-unsaturated/α-hetero) is 1. The Morgan fingerprint density at radius 1 is 1.29 bits per heavy atom. The fourth-order valence-corrected chi connectivity index (χ4v) is 3.74. The van der Waals surface area contributed by atoms with E-state index in [9.17, 15) is 14.7 Å². The second-order valence-corrected chi connectivity index (χ2v) is 5.83. The molecule has 1 aromatic rings. The lowest BCUT2D eigenvalue weighted by Gasteiger charge is -2.42. The quantitative estimate of drug-likeness (QED) is 0.637. The Morgan fingerprint density at radius 3 is 2.57 bits per heavy atom. The van der Waals surface area contributed by atoms with Crippen LogP contribution in [0.4, 0.5) is 0 Å². The number of aliphatic hydroxyl groups excluding tert-OH is 1. The van der Waals surface area contributed by atoms with Gasteiger partial charge in [-0.25, -0.2) is 4.79 Å². The normalized spacial score (nSPS) is 20.6. The molecule has 1 aliphatic carbocycles. The third-order valence-electron chi connectivity index (χ3n) is 4.70. The Bertz CT molecular complexity index is 647. The van der Waals surface area contributed by atoms with Crippen LogP contribution in [0, 0.1) is 6.92 Å². The average Bonchev–Trinajstić information content (AvgIpc) is 2.89. The van der Waals surface area contributed by atoms with Crippen LogP contribution >= 0.6 is 0 Å². The SMILES string of the molecule is COC(=O)C1=C(O)c2ccc(C)n2C2(CCCCC2)C1=O. The predicted molar refractivity (Wildman–Crippen MR) is 76.8 cm³/mol. The maximum Gasteiger partial charge on any atom is 0.345 e. The Hall–Kier alpha value is -2.04. The molecular weight excluding hydrogens is 270 g/mol. The number of aliphatic hydroxyl groups is 1. The molecule has 0 atom stereocenters. The maximum atomic E-state index is 13.0. The summed E-state index contributed by atoms with van der Waals surface area (Å²) < 4.78 is 6.61. The Labute approximate surface area is 123 Å². The van der Waals surface area contributed by atoms with E-state index >= 15 is 0 Å². The first-order valence-corrected chi connectivity index (χ1v) is 7.28. The molecule has 1 fully saturated rings. The largest absolute Gasteiger partial charge is 0.505 e. The van der Waals surface area contributed by atoms with Gasteiger partial charge in [0.05, 0.1) is 12.8 Å². The number of nitrogens with zero attached hydrogens (tertiary/aromatic N) is 1. The van der Waals surface area contributed by atoms with E-state index in [1.165, 1.54) is 7.11 Å². The van der Waals surface area contributed by atoms with Crippen molar-refractivity contribution in [2.75, 3.05) is 7.11 Å². The summed E-state index contributed by atoms with van der Waals surface area (Å²) in [4.78, 5) is 24.9. The first-order chi connectivity index (χ1) is 10.0. The van der Waals surface area contributed by atoms with Gasteiger partial charge >= 0.3 is 5.97 Å².